The molecule has 0 aliphatic heterocycles. The summed E-state index contributed by atoms with van der Waals surface area (Å²) in [5.41, 5.74) is 3.47. The highest BCUT2D eigenvalue weighted by Crippen LogP contribution is 2.37. The minimum atomic E-state index is -0.757. The number of aromatic amines is 1. The van der Waals surface area contributed by atoms with Gasteiger partial charge < -0.3 is 14.7 Å². The van der Waals surface area contributed by atoms with Crippen molar-refractivity contribution < 1.29 is 14.2 Å². The van der Waals surface area contributed by atoms with Crippen LogP contribution in [-0.4, -0.2) is 54.1 Å². The predicted molar refractivity (Wildman–Crippen MR) is 141 cm³/mol. The van der Waals surface area contributed by atoms with E-state index >= 15 is 0 Å². The zero-order valence-electron chi connectivity index (χ0n) is 21.3. The van der Waals surface area contributed by atoms with E-state index in [1.54, 1.807) is 29.2 Å². The zero-order chi connectivity index (χ0) is 27.1. The number of fused-ring (bicyclic) bond motifs is 1. The van der Waals surface area contributed by atoms with E-state index in [0.29, 0.717) is 22.5 Å². The highest BCUT2D eigenvalue weighted by Gasteiger charge is 2.41. The van der Waals surface area contributed by atoms with E-state index < -0.39 is 11.4 Å². The number of nitriles is 1. The Morgan fingerprint density at radius 1 is 1.23 bits per heavy atom. The lowest BCUT2D eigenvalue weighted by molar-refractivity contribution is 0.0854. The summed E-state index contributed by atoms with van der Waals surface area (Å²) in [7, 11) is 1.94. The first kappa shape index (κ1) is 24.5. The molecule has 39 heavy (non-hydrogen) atoms. The molecule has 196 valence electrons. The number of aliphatic hydroxyl groups is 1. The maximum atomic E-state index is 13.8. The summed E-state index contributed by atoms with van der Waals surface area (Å²) in [5.74, 6) is 0.838. The van der Waals surface area contributed by atoms with Crippen LogP contribution in [0.5, 0.6) is 5.75 Å². The van der Waals surface area contributed by atoms with E-state index in [0.717, 1.165) is 35.3 Å². The molecule has 1 atom stereocenters. The third-order valence-electron chi connectivity index (χ3n) is 7.15. The monoisotopic (exact) mass is 524 g/mol. The summed E-state index contributed by atoms with van der Waals surface area (Å²) < 4.78 is 21.3. The molecule has 10 nitrogen and oxygen atoms in total. The number of hydrogen-bond acceptors (Lipinski definition) is 8. The molecule has 5 aromatic rings. The average molecular weight is 525 g/mol. The number of aromatic nitrogens is 6. The molecule has 5 heterocycles. The highest BCUT2D eigenvalue weighted by molar-refractivity contribution is 5.85. The molecule has 2 N–H and O–H groups in total. The van der Waals surface area contributed by atoms with Crippen LogP contribution in [0, 0.1) is 17.1 Å². The number of pyridine rings is 3. The smallest absolute Gasteiger partial charge is 0.170 e. The van der Waals surface area contributed by atoms with Crippen LogP contribution in [0.15, 0.2) is 61.3 Å². The molecular weight excluding hydrogens is 499 g/mol. The van der Waals surface area contributed by atoms with Gasteiger partial charge in [-0.3, -0.25) is 10.1 Å². The highest BCUT2D eigenvalue weighted by atomic mass is 19.1. The molecule has 0 amide bonds. The van der Waals surface area contributed by atoms with Gasteiger partial charge in [-0.25, -0.2) is 13.9 Å². The Balaban J connectivity index is 1.25. The number of halogens is 1. The van der Waals surface area contributed by atoms with Crippen molar-refractivity contribution in [2.24, 2.45) is 0 Å². The fourth-order valence-electron chi connectivity index (χ4n) is 4.41. The van der Waals surface area contributed by atoms with Gasteiger partial charge in [0.2, 0.25) is 0 Å². The van der Waals surface area contributed by atoms with Crippen LogP contribution in [0.25, 0.3) is 28.0 Å². The molecule has 11 heteroatoms. The van der Waals surface area contributed by atoms with Crippen LogP contribution < -0.4 is 9.64 Å². The molecule has 6 rings (SSSR count). The fourth-order valence-corrected chi connectivity index (χ4v) is 4.41. The number of H-pyrrole nitrogens is 1. The number of nitrogens with one attached hydrogen (secondary N) is 1. The first-order chi connectivity index (χ1) is 18.8. The van der Waals surface area contributed by atoms with E-state index in [1.165, 1.54) is 12.4 Å². The van der Waals surface area contributed by atoms with Crippen molar-refractivity contribution in [2.45, 2.75) is 31.4 Å². The van der Waals surface area contributed by atoms with Gasteiger partial charge in [0.15, 0.2) is 5.82 Å². The van der Waals surface area contributed by atoms with E-state index in [-0.39, 0.29) is 18.3 Å². The van der Waals surface area contributed by atoms with E-state index in [1.807, 2.05) is 43.1 Å². The van der Waals surface area contributed by atoms with Gasteiger partial charge in [-0.1, -0.05) is 6.07 Å². The molecule has 1 saturated carbocycles. The minimum Gasteiger partial charge on any atom is -0.489 e. The van der Waals surface area contributed by atoms with Crippen molar-refractivity contribution in [3.8, 4) is 34.3 Å². The van der Waals surface area contributed by atoms with Gasteiger partial charge in [0.1, 0.15) is 29.9 Å². The van der Waals surface area contributed by atoms with Crippen molar-refractivity contribution in [3.63, 3.8) is 0 Å². The van der Waals surface area contributed by atoms with Gasteiger partial charge in [0.25, 0.3) is 0 Å². The molecule has 5 aromatic heterocycles. The Labute approximate surface area is 223 Å². The summed E-state index contributed by atoms with van der Waals surface area (Å²) in [6.45, 7) is 2.24. The molecule has 0 aromatic carbocycles. The van der Waals surface area contributed by atoms with E-state index in [4.69, 9.17) is 9.72 Å². The normalized spacial score (nSPS) is 14.6. The van der Waals surface area contributed by atoms with Gasteiger partial charge in [-0.2, -0.15) is 15.5 Å². The molecule has 0 spiro atoms. The number of rotatable bonds is 8. The maximum Gasteiger partial charge on any atom is 0.170 e. The van der Waals surface area contributed by atoms with E-state index in [9.17, 15) is 14.8 Å². The van der Waals surface area contributed by atoms with Crippen LogP contribution in [0.1, 0.15) is 36.9 Å². The van der Waals surface area contributed by atoms with Crippen molar-refractivity contribution in [2.75, 3.05) is 18.6 Å². The Morgan fingerprint density at radius 2 is 2.08 bits per heavy atom. The second-order valence-corrected chi connectivity index (χ2v) is 9.82. The lowest BCUT2D eigenvalue weighted by Crippen LogP contribution is -2.22. The van der Waals surface area contributed by atoms with Crippen molar-refractivity contribution >= 4 is 11.3 Å². The third-order valence-corrected chi connectivity index (χ3v) is 7.15. The van der Waals surface area contributed by atoms with Crippen LogP contribution in [0.4, 0.5) is 10.2 Å². The fraction of sp³-hybridized carbons (Fsp3) is 0.250. The number of anilines is 1. The average Bonchev–Trinajstić information content (AvgIpc) is 3.33. The van der Waals surface area contributed by atoms with Crippen molar-refractivity contribution in [1.82, 2.24) is 29.8 Å². The van der Waals surface area contributed by atoms with Crippen LogP contribution >= 0.6 is 0 Å². The van der Waals surface area contributed by atoms with Gasteiger partial charge in [0.05, 0.1) is 47.0 Å². The van der Waals surface area contributed by atoms with Gasteiger partial charge in [-0.05, 0) is 49.6 Å². The standard InChI is InChI=1S/C28H25FN8O2/c1-17(18-3-5-24(31-11-18)26-23(29)14-33-35-26)36(2)25-6-4-19(12-32-25)22-9-21(39-16-28(38)7-8-28)15-37-27(22)20(10-30)13-34-37/h3-6,9,11-15,17,38H,7-8,16H2,1-2H3,(H,33,35)/t17-/m0/s1. The van der Waals surface area contributed by atoms with E-state index in [2.05, 4.69) is 26.3 Å². The second kappa shape index (κ2) is 9.49. The number of nitrogens with zero attached hydrogens (tertiary/aromatic N) is 7. The van der Waals surface area contributed by atoms with Gasteiger partial charge >= 0.3 is 0 Å². The molecule has 0 bridgehead atoms. The van der Waals surface area contributed by atoms with Gasteiger partial charge in [-0.15, -0.1) is 0 Å². The SMILES string of the molecule is C[C@@H](c1ccc(-c2n[nH]cc2F)nc1)N(C)c1ccc(-c2cc(OCC3(O)CC3)cn3ncc(C#N)c23)cn1. The van der Waals surface area contributed by atoms with Crippen molar-refractivity contribution in [1.29, 1.82) is 5.26 Å². The lowest BCUT2D eigenvalue weighted by Gasteiger charge is -2.26. The molecule has 0 unspecified atom stereocenters. The first-order valence-corrected chi connectivity index (χ1v) is 12.5. The zero-order valence-corrected chi connectivity index (χ0v) is 21.3. The summed E-state index contributed by atoms with van der Waals surface area (Å²) >= 11 is 0. The molecule has 0 saturated heterocycles. The summed E-state index contributed by atoms with van der Waals surface area (Å²) in [4.78, 5) is 11.1. The summed E-state index contributed by atoms with van der Waals surface area (Å²) in [6, 6.07) is 11.5. The molecular formula is C28H25FN8O2. The molecule has 1 aliphatic carbocycles. The third kappa shape index (κ3) is 4.66. The molecule has 1 aliphatic rings. The lowest BCUT2D eigenvalue weighted by atomic mass is 10.0. The number of hydrogen-bond donors (Lipinski definition) is 2. The van der Waals surface area contributed by atoms with Crippen LogP contribution in [0.2, 0.25) is 0 Å². The summed E-state index contributed by atoms with van der Waals surface area (Å²) in [5, 5.41) is 30.5. The largest absolute Gasteiger partial charge is 0.489 e. The minimum absolute atomic E-state index is 0.0642. The first-order valence-electron chi connectivity index (χ1n) is 12.5. The summed E-state index contributed by atoms with van der Waals surface area (Å²) in [6.07, 6.45) is 9.34. The Hall–Kier alpha value is -4.82. The second-order valence-electron chi connectivity index (χ2n) is 9.82. The predicted octanol–water partition coefficient (Wildman–Crippen LogP) is 4.29. The van der Waals surface area contributed by atoms with Crippen LogP contribution in [0.3, 0.4) is 0 Å². The Morgan fingerprint density at radius 3 is 2.72 bits per heavy atom. The van der Waals surface area contributed by atoms with Gasteiger partial charge in [0, 0.05) is 30.6 Å². The molecule has 0 radical (unpaired) electrons. The Kier molecular flexibility index (Phi) is 5.96. The quantitative estimate of drug-likeness (QED) is 0.308. The Bertz CT molecular complexity index is 1680. The topological polar surface area (TPSA) is 128 Å². The number of ether oxygens (including phenoxy) is 1. The van der Waals surface area contributed by atoms with Crippen LogP contribution in [-0.2, 0) is 0 Å². The molecule has 1 fully saturated rings. The van der Waals surface area contributed by atoms with Crippen molar-refractivity contribution in [3.05, 3.63) is 78.3 Å². The maximum absolute atomic E-state index is 13.8.